The van der Waals surface area contributed by atoms with Crippen LogP contribution in [0.5, 0.6) is 0 Å². The highest BCUT2D eigenvalue weighted by Gasteiger charge is 2.19. The smallest absolute Gasteiger partial charge is 0.210 e. The van der Waals surface area contributed by atoms with E-state index in [1.54, 1.807) is 11.8 Å². The van der Waals surface area contributed by atoms with E-state index in [0.29, 0.717) is 0 Å². The summed E-state index contributed by atoms with van der Waals surface area (Å²) >= 11 is 1.68. The zero-order valence-electron chi connectivity index (χ0n) is 12.1. The predicted molar refractivity (Wildman–Crippen MR) is 78.3 cm³/mol. The number of thioether (sulfide) groups is 1. The quantitative estimate of drug-likeness (QED) is 0.806. The predicted octanol–water partition coefficient (Wildman–Crippen LogP) is 3.34. The first-order valence-electron chi connectivity index (χ1n) is 6.35. The average molecular weight is 276 g/mol. The van der Waals surface area contributed by atoms with Crippen LogP contribution in [0.2, 0.25) is 0 Å². The van der Waals surface area contributed by atoms with Crippen LogP contribution in [0, 0.1) is 13.8 Å². The van der Waals surface area contributed by atoms with Gasteiger partial charge in [-0.2, -0.15) is 0 Å². The Bertz CT molecular complexity index is 549. The van der Waals surface area contributed by atoms with Gasteiger partial charge in [0, 0.05) is 5.75 Å². The zero-order valence-corrected chi connectivity index (χ0v) is 13.0. The summed E-state index contributed by atoms with van der Waals surface area (Å²) in [5, 5.41) is 12.8. The van der Waals surface area contributed by atoms with Gasteiger partial charge in [-0.15, -0.1) is 5.10 Å². The Morgan fingerprint density at radius 3 is 2.32 bits per heavy atom. The van der Waals surface area contributed by atoms with E-state index in [-0.39, 0.29) is 5.54 Å². The molecule has 0 fully saturated rings. The third-order valence-corrected chi connectivity index (χ3v) is 3.72. The summed E-state index contributed by atoms with van der Waals surface area (Å²) in [6, 6.07) is 6.61. The number of aromatic nitrogens is 4. The van der Waals surface area contributed by atoms with Crippen LogP contribution in [0.1, 0.15) is 37.5 Å². The largest absolute Gasteiger partial charge is 0.215 e. The Morgan fingerprint density at radius 2 is 1.74 bits per heavy atom. The van der Waals surface area contributed by atoms with E-state index in [0.717, 1.165) is 10.9 Å². The fraction of sp³-hybridized carbons (Fsp3) is 0.500. The number of nitrogens with zero attached hydrogens (tertiary/aromatic N) is 4. The molecule has 2 rings (SSSR count). The molecule has 5 heteroatoms. The fourth-order valence-corrected chi connectivity index (χ4v) is 2.98. The Morgan fingerprint density at radius 1 is 1.11 bits per heavy atom. The Labute approximate surface area is 118 Å². The van der Waals surface area contributed by atoms with Crippen molar-refractivity contribution >= 4 is 11.8 Å². The minimum Gasteiger partial charge on any atom is -0.215 e. The molecule has 0 bridgehead atoms. The fourth-order valence-electron chi connectivity index (χ4n) is 1.99. The van der Waals surface area contributed by atoms with Gasteiger partial charge in [-0.1, -0.05) is 41.1 Å². The van der Waals surface area contributed by atoms with Crippen molar-refractivity contribution in [3.8, 4) is 0 Å². The van der Waals surface area contributed by atoms with Crippen LogP contribution < -0.4 is 0 Å². The summed E-state index contributed by atoms with van der Waals surface area (Å²) in [7, 11) is 0. The van der Waals surface area contributed by atoms with Crippen molar-refractivity contribution in [3.63, 3.8) is 0 Å². The van der Waals surface area contributed by atoms with E-state index < -0.39 is 0 Å². The monoisotopic (exact) mass is 276 g/mol. The molecule has 0 saturated heterocycles. The topological polar surface area (TPSA) is 43.6 Å². The standard InChI is InChI=1S/C14H20N4S/c1-10-6-11(2)8-12(7-10)9-19-13-15-16-17-18(13)14(3,4)5/h6-8H,9H2,1-5H3. The van der Waals surface area contributed by atoms with Gasteiger partial charge < -0.3 is 0 Å². The lowest BCUT2D eigenvalue weighted by Crippen LogP contribution is -2.24. The van der Waals surface area contributed by atoms with Gasteiger partial charge in [0.25, 0.3) is 0 Å². The van der Waals surface area contributed by atoms with Crippen LogP contribution in [0.4, 0.5) is 0 Å². The van der Waals surface area contributed by atoms with Crippen molar-refractivity contribution in [2.24, 2.45) is 0 Å². The van der Waals surface area contributed by atoms with E-state index >= 15 is 0 Å². The van der Waals surface area contributed by atoms with Crippen LogP contribution in [0.3, 0.4) is 0 Å². The maximum Gasteiger partial charge on any atom is 0.210 e. The lowest BCUT2D eigenvalue weighted by molar-refractivity contribution is 0.321. The van der Waals surface area contributed by atoms with Crippen LogP contribution >= 0.6 is 11.8 Å². The zero-order chi connectivity index (χ0) is 14.0. The van der Waals surface area contributed by atoms with Gasteiger partial charge in [-0.05, 0) is 50.6 Å². The lowest BCUT2D eigenvalue weighted by Gasteiger charge is -2.19. The minimum absolute atomic E-state index is 0.0889. The molecule has 4 nitrogen and oxygen atoms in total. The van der Waals surface area contributed by atoms with E-state index in [4.69, 9.17) is 0 Å². The molecular weight excluding hydrogens is 256 g/mol. The highest BCUT2D eigenvalue weighted by atomic mass is 32.2. The van der Waals surface area contributed by atoms with Gasteiger partial charge >= 0.3 is 0 Å². The molecule has 1 heterocycles. The highest BCUT2D eigenvalue weighted by Crippen LogP contribution is 2.25. The number of benzene rings is 1. The van der Waals surface area contributed by atoms with Gasteiger partial charge in [0.2, 0.25) is 5.16 Å². The van der Waals surface area contributed by atoms with Gasteiger partial charge in [0.15, 0.2) is 0 Å². The first-order chi connectivity index (χ1) is 8.86. The Balaban J connectivity index is 2.13. The van der Waals surface area contributed by atoms with Crippen LogP contribution in [-0.2, 0) is 11.3 Å². The molecule has 0 aliphatic carbocycles. The first-order valence-corrected chi connectivity index (χ1v) is 7.33. The molecule has 0 spiro atoms. The summed E-state index contributed by atoms with van der Waals surface area (Å²) in [6.07, 6.45) is 0. The minimum atomic E-state index is -0.0889. The van der Waals surface area contributed by atoms with Crippen molar-refractivity contribution in [2.45, 2.75) is 51.1 Å². The second-order valence-electron chi connectivity index (χ2n) is 5.83. The third-order valence-electron chi connectivity index (χ3n) is 2.73. The molecule has 2 aromatic rings. The molecule has 1 aromatic heterocycles. The molecule has 0 aliphatic heterocycles. The number of hydrogen-bond donors (Lipinski definition) is 0. The van der Waals surface area contributed by atoms with Crippen LogP contribution in [0.15, 0.2) is 23.4 Å². The maximum absolute atomic E-state index is 4.11. The summed E-state index contributed by atoms with van der Waals surface area (Å²) < 4.78 is 1.88. The number of hydrogen-bond acceptors (Lipinski definition) is 4. The normalized spacial score (nSPS) is 11.8. The SMILES string of the molecule is Cc1cc(C)cc(CSc2nnnn2C(C)(C)C)c1. The molecule has 0 saturated carbocycles. The van der Waals surface area contributed by atoms with Crippen molar-refractivity contribution in [3.05, 3.63) is 34.9 Å². The molecule has 0 N–H and O–H groups in total. The Kier molecular flexibility index (Phi) is 3.94. The molecular formula is C14H20N4S. The van der Waals surface area contributed by atoms with Crippen molar-refractivity contribution in [2.75, 3.05) is 0 Å². The van der Waals surface area contributed by atoms with Gasteiger partial charge in [0.1, 0.15) is 0 Å². The average Bonchev–Trinajstić information content (AvgIpc) is 2.72. The number of rotatable bonds is 3. The van der Waals surface area contributed by atoms with Crippen LogP contribution in [0.25, 0.3) is 0 Å². The second-order valence-corrected chi connectivity index (χ2v) is 6.77. The maximum atomic E-state index is 4.11. The van der Waals surface area contributed by atoms with Crippen molar-refractivity contribution < 1.29 is 0 Å². The van der Waals surface area contributed by atoms with Crippen molar-refractivity contribution in [1.29, 1.82) is 0 Å². The summed E-state index contributed by atoms with van der Waals surface area (Å²) in [4.78, 5) is 0. The van der Waals surface area contributed by atoms with E-state index in [2.05, 4.69) is 68.3 Å². The number of tetrazole rings is 1. The molecule has 0 unspecified atom stereocenters. The van der Waals surface area contributed by atoms with E-state index in [1.165, 1.54) is 16.7 Å². The van der Waals surface area contributed by atoms with Crippen molar-refractivity contribution in [1.82, 2.24) is 20.2 Å². The molecule has 0 atom stereocenters. The summed E-state index contributed by atoms with van der Waals surface area (Å²) in [5.41, 5.74) is 3.82. The van der Waals surface area contributed by atoms with Gasteiger partial charge in [-0.3, -0.25) is 0 Å². The molecule has 102 valence electrons. The highest BCUT2D eigenvalue weighted by molar-refractivity contribution is 7.98. The second kappa shape index (κ2) is 5.33. The van der Waals surface area contributed by atoms with E-state index in [1.807, 2.05) is 4.68 Å². The van der Waals surface area contributed by atoms with Crippen LogP contribution in [-0.4, -0.2) is 20.2 Å². The molecule has 1 aromatic carbocycles. The summed E-state index contributed by atoms with van der Waals surface area (Å²) in [6.45, 7) is 10.6. The summed E-state index contributed by atoms with van der Waals surface area (Å²) in [5.74, 6) is 0.888. The molecule has 0 aliphatic rings. The molecule has 0 radical (unpaired) electrons. The molecule has 0 amide bonds. The van der Waals surface area contributed by atoms with Gasteiger partial charge in [-0.25, -0.2) is 4.68 Å². The lowest BCUT2D eigenvalue weighted by atomic mass is 10.1. The van der Waals surface area contributed by atoms with Gasteiger partial charge in [0.05, 0.1) is 5.54 Å². The number of aryl methyl sites for hydroxylation is 2. The third kappa shape index (κ3) is 3.56. The first kappa shape index (κ1) is 14.1. The Hall–Kier alpha value is -1.36. The van der Waals surface area contributed by atoms with E-state index in [9.17, 15) is 0 Å². The molecule has 19 heavy (non-hydrogen) atoms.